The summed E-state index contributed by atoms with van der Waals surface area (Å²) in [5.74, 6) is 0. The summed E-state index contributed by atoms with van der Waals surface area (Å²) in [6.45, 7) is 0. The van der Waals surface area contributed by atoms with E-state index in [9.17, 15) is 0 Å². The minimum atomic E-state index is 0.815. The van der Waals surface area contributed by atoms with Crippen LogP contribution in [0.3, 0.4) is 0 Å². The zero-order valence-electron chi connectivity index (χ0n) is 30.0. The van der Waals surface area contributed by atoms with Gasteiger partial charge in [-0.05, 0) is 80.4 Å². The van der Waals surface area contributed by atoms with E-state index in [1.165, 1.54) is 33.0 Å². The van der Waals surface area contributed by atoms with E-state index in [1.807, 2.05) is 0 Å². The van der Waals surface area contributed by atoms with Crippen molar-refractivity contribution in [3.05, 3.63) is 205 Å². The molecule has 10 aromatic rings. The van der Waals surface area contributed by atoms with E-state index in [0.29, 0.717) is 0 Å². The van der Waals surface area contributed by atoms with Crippen LogP contribution in [0.2, 0.25) is 0 Å². The first-order valence-corrected chi connectivity index (χ1v) is 18.8. The molecule has 1 aromatic heterocycles. The number of aliphatic imine (C=N–C) groups is 1. The molecule has 0 bridgehead atoms. The van der Waals surface area contributed by atoms with E-state index in [4.69, 9.17) is 9.41 Å². The summed E-state index contributed by atoms with van der Waals surface area (Å²) >= 11 is 0. The highest BCUT2D eigenvalue weighted by molar-refractivity contribution is 6.27. The van der Waals surface area contributed by atoms with Crippen molar-refractivity contribution in [1.29, 1.82) is 0 Å². The van der Waals surface area contributed by atoms with Crippen molar-refractivity contribution in [2.45, 2.75) is 6.42 Å². The Kier molecular flexibility index (Phi) is 7.24. The summed E-state index contributed by atoms with van der Waals surface area (Å²) in [6.07, 6.45) is 0.815. The Morgan fingerprint density at radius 1 is 0.455 bits per heavy atom. The van der Waals surface area contributed by atoms with Gasteiger partial charge in [0, 0.05) is 34.1 Å². The molecule has 2 heterocycles. The van der Waals surface area contributed by atoms with Crippen LogP contribution in [0.4, 0.5) is 22.7 Å². The highest BCUT2D eigenvalue weighted by Gasteiger charge is 2.28. The molecule has 0 fully saturated rings. The SMILES string of the molecule is c1ccc(C2=Nc3cc(-c4c(N(c5ccc(-c6ccccc6)cc5)c5ccc6ccccc6c5)c5c6ccccc6oc5c5ccccc45)ccc3C2)cc1. The van der Waals surface area contributed by atoms with Gasteiger partial charge in [-0.15, -0.1) is 0 Å². The van der Waals surface area contributed by atoms with Gasteiger partial charge in [0.25, 0.3) is 0 Å². The second-order valence-electron chi connectivity index (χ2n) is 14.3. The molecule has 0 unspecified atom stereocenters. The molecule has 9 aromatic carbocycles. The molecule has 0 spiro atoms. The molecular weight excluding hydrogens is 669 g/mol. The monoisotopic (exact) mass is 702 g/mol. The number of benzene rings is 9. The number of fused-ring (bicyclic) bond motifs is 7. The minimum Gasteiger partial charge on any atom is -0.455 e. The predicted molar refractivity (Wildman–Crippen MR) is 231 cm³/mol. The fraction of sp³-hybridized carbons (Fsp3) is 0.0192. The maximum Gasteiger partial charge on any atom is 0.145 e. The van der Waals surface area contributed by atoms with Crippen LogP contribution < -0.4 is 4.90 Å². The van der Waals surface area contributed by atoms with Gasteiger partial charge in [0.2, 0.25) is 0 Å². The van der Waals surface area contributed by atoms with Crippen LogP contribution >= 0.6 is 0 Å². The smallest absolute Gasteiger partial charge is 0.145 e. The van der Waals surface area contributed by atoms with Gasteiger partial charge in [0.1, 0.15) is 11.2 Å². The number of anilines is 3. The fourth-order valence-electron chi connectivity index (χ4n) is 8.43. The Morgan fingerprint density at radius 2 is 1.07 bits per heavy atom. The van der Waals surface area contributed by atoms with Crippen molar-refractivity contribution in [3.8, 4) is 22.3 Å². The standard InChI is InChI=1S/C52H34N2O/c1-3-13-34(14-4-1)36-25-28-41(29-26-36)54(42-30-27-35-15-7-8-18-38(35)31-42)51-49(40-24-23-39-32-46(53-47(39)33-40)37-16-5-2-6-17-37)43-19-9-10-20-44(43)52-50(51)45-21-11-12-22-48(45)55-52/h1-31,33H,32H2. The number of nitrogens with zero attached hydrogens (tertiary/aromatic N) is 2. The molecule has 0 atom stereocenters. The maximum atomic E-state index is 6.85. The summed E-state index contributed by atoms with van der Waals surface area (Å²) in [4.78, 5) is 7.68. The number of hydrogen-bond acceptors (Lipinski definition) is 3. The molecular formula is C52H34N2O. The Hall–Kier alpha value is -7.23. The van der Waals surface area contributed by atoms with Crippen molar-refractivity contribution >= 4 is 71.9 Å². The van der Waals surface area contributed by atoms with Crippen molar-refractivity contribution in [2.24, 2.45) is 4.99 Å². The lowest BCUT2D eigenvalue weighted by Gasteiger charge is -2.30. The van der Waals surface area contributed by atoms with E-state index < -0.39 is 0 Å². The van der Waals surface area contributed by atoms with Gasteiger partial charge in [-0.2, -0.15) is 0 Å². The third kappa shape index (κ3) is 5.24. The second-order valence-corrected chi connectivity index (χ2v) is 14.3. The van der Waals surface area contributed by atoms with Gasteiger partial charge in [-0.3, -0.25) is 4.99 Å². The van der Waals surface area contributed by atoms with Crippen molar-refractivity contribution < 1.29 is 4.42 Å². The first kappa shape index (κ1) is 31.3. The normalized spacial score (nSPS) is 12.4. The summed E-state index contributed by atoms with van der Waals surface area (Å²) in [7, 11) is 0. The number of hydrogen-bond donors (Lipinski definition) is 0. The molecule has 3 heteroatoms. The zero-order valence-corrected chi connectivity index (χ0v) is 30.0. The van der Waals surface area contributed by atoms with Crippen molar-refractivity contribution in [1.82, 2.24) is 0 Å². The largest absolute Gasteiger partial charge is 0.455 e. The Balaban J connectivity index is 1.24. The van der Waals surface area contributed by atoms with Crippen LogP contribution in [0.15, 0.2) is 204 Å². The van der Waals surface area contributed by atoms with E-state index in [1.54, 1.807) is 0 Å². The average Bonchev–Trinajstić information content (AvgIpc) is 3.87. The number of furan rings is 1. The molecule has 0 saturated heterocycles. The van der Waals surface area contributed by atoms with Crippen LogP contribution in [-0.2, 0) is 6.42 Å². The van der Waals surface area contributed by atoms with Gasteiger partial charge in [0.15, 0.2) is 0 Å². The summed E-state index contributed by atoms with van der Waals surface area (Å²) in [6, 6.07) is 69.5. The molecule has 0 aliphatic carbocycles. The van der Waals surface area contributed by atoms with E-state index in [0.717, 1.165) is 78.7 Å². The highest BCUT2D eigenvalue weighted by atomic mass is 16.3. The number of para-hydroxylation sites is 1. The van der Waals surface area contributed by atoms with Crippen LogP contribution in [0.5, 0.6) is 0 Å². The second kappa shape index (κ2) is 12.7. The third-order valence-corrected chi connectivity index (χ3v) is 11.1. The summed E-state index contributed by atoms with van der Waals surface area (Å²) < 4.78 is 6.85. The van der Waals surface area contributed by atoms with Gasteiger partial charge in [0.05, 0.1) is 22.5 Å². The lowest BCUT2D eigenvalue weighted by molar-refractivity contribution is 0.672. The molecule has 0 radical (unpaired) electrons. The minimum absolute atomic E-state index is 0.815. The molecule has 1 aliphatic rings. The van der Waals surface area contributed by atoms with Gasteiger partial charge >= 0.3 is 0 Å². The maximum absolute atomic E-state index is 6.85. The first-order valence-electron chi connectivity index (χ1n) is 18.8. The quantitative estimate of drug-likeness (QED) is 0.173. The van der Waals surface area contributed by atoms with Crippen LogP contribution in [0, 0.1) is 0 Å². The topological polar surface area (TPSA) is 28.7 Å². The lowest BCUT2D eigenvalue weighted by Crippen LogP contribution is -2.12. The van der Waals surface area contributed by atoms with Crippen LogP contribution in [0.1, 0.15) is 11.1 Å². The van der Waals surface area contributed by atoms with E-state index in [2.05, 4.69) is 199 Å². The molecule has 258 valence electrons. The molecule has 55 heavy (non-hydrogen) atoms. The molecule has 0 amide bonds. The van der Waals surface area contributed by atoms with Gasteiger partial charge in [-0.25, -0.2) is 0 Å². The number of rotatable bonds is 6. The van der Waals surface area contributed by atoms with Crippen molar-refractivity contribution in [3.63, 3.8) is 0 Å². The van der Waals surface area contributed by atoms with Crippen molar-refractivity contribution in [2.75, 3.05) is 4.90 Å². The average molecular weight is 703 g/mol. The highest BCUT2D eigenvalue weighted by Crippen LogP contribution is 2.53. The third-order valence-electron chi connectivity index (χ3n) is 11.1. The van der Waals surface area contributed by atoms with Gasteiger partial charge < -0.3 is 9.32 Å². The Morgan fingerprint density at radius 3 is 1.87 bits per heavy atom. The summed E-state index contributed by atoms with van der Waals surface area (Å²) in [5, 5.41) is 6.76. The fourth-order valence-corrected chi connectivity index (χ4v) is 8.43. The summed E-state index contributed by atoms with van der Waals surface area (Å²) in [5.41, 5.74) is 14.1. The molecule has 3 nitrogen and oxygen atoms in total. The first-order chi connectivity index (χ1) is 27.3. The Labute approximate surface area is 319 Å². The van der Waals surface area contributed by atoms with E-state index >= 15 is 0 Å². The zero-order chi connectivity index (χ0) is 36.3. The molecule has 0 N–H and O–H groups in total. The molecule has 1 aliphatic heterocycles. The van der Waals surface area contributed by atoms with Crippen LogP contribution in [0.25, 0.3) is 65.7 Å². The van der Waals surface area contributed by atoms with E-state index in [-0.39, 0.29) is 0 Å². The van der Waals surface area contributed by atoms with Gasteiger partial charge in [-0.1, -0.05) is 158 Å². The van der Waals surface area contributed by atoms with Crippen LogP contribution in [-0.4, -0.2) is 5.71 Å². The predicted octanol–water partition coefficient (Wildman–Crippen LogP) is 14.4. The molecule has 11 rings (SSSR count). The lowest BCUT2D eigenvalue weighted by atomic mass is 9.90. The molecule has 0 saturated carbocycles. The Bertz CT molecular complexity index is 3100.